The number of carbonyl (C=O) groups excluding carboxylic acids is 1. The van der Waals surface area contributed by atoms with Crippen LogP contribution in [0.1, 0.15) is 12.5 Å². The van der Waals surface area contributed by atoms with E-state index in [0.29, 0.717) is 11.4 Å². The summed E-state index contributed by atoms with van der Waals surface area (Å²) in [4.78, 5) is 11.3. The fourth-order valence-electron chi connectivity index (χ4n) is 2.05. The van der Waals surface area contributed by atoms with Crippen molar-refractivity contribution in [3.63, 3.8) is 0 Å². The summed E-state index contributed by atoms with van der Waals surface area (Å²) in [5.74, 6) is 0.109. The SMILES string of the molecule is COc1ccc(NC(C)=O)cc1NS(=O)(=O)c1cccc(C)c1. The number of nitrogens with one attached hydrogen (secondary N) is 2. The predicted molar refractivity (Wildman–Crippen MR) is 89.3 cm³/mol. The first-order chi connectivity index (χ1) is 10.8. The van der Waals surface area contributed by atoms with Crippen molar-refractivity contribution >= 4 is 27.3 Å². The molecule has 2 aromatic rings. The van der Waals surface area contributed by atoms with Gasteiger partial charge in [-0.1, -0.05) is 12.1 Å². The highest BCUT2D eigenvalue weighted by molar-refractivity contribution is 7.92. The second-order valence-corrected chi connectivity index (χ2v) is 6.70. The maximum absolute atomic E-state index is 12.5. The molecule has 0 saturated carbocycles. The van der Waals surface area contributed by atoms with Crippen LogP contribution in [0.25, 0.3) is 0 Å². The maximum atomic E-state index is 12.5. The van der Waals surface area contributed by atoms with Crippen LogP contribution in [0, 0.1) is 6.92 Å². The van der Waals surface area contributed by atoms with Gasteiger partial charge in [-0.05, 0) is 42.8 Å². The van der Waals surface area contributed by atoms with Crippen molar-refractivity contribution in [2.45, 2.75) is 18.7 Å². The standard InChI is InChI=1S/C16H18N2O4S/c1-11-5-4-6-14(9-11)23(20,21)18-15-10-13(17-12(2)19)7-8-16(15)22-3/h4-10,18H,1-3H3,(H,17,19). The molecule has 0 aliphatic rings. The Bertz CT molecular complexity index is 832. The van der Waals surface area contributed by atoms with Crippen LogP contribution in [0.3, 0.4) is 0 Å². The molecule has 0 aliphatic heterocycles. The van der Waals surface area contributed by atoms with Crippen LogP contribution in [0.2, 0.25) is 0 Å². The Kier molecular flexibility index (Phi) is 4.90. The molecule has 7 heteroatoms. The summed E-state index contributed by atoms with van der Waals surface area (Å²) < 4.78 is 32.7. The first-order valence-electron chi connectivity index (χ1n) is 6.87. The van der Waals surface area contributed by atoms with Crippen LogP contribution in [-0.4, -0.2) is 21.4 Å². The Balaban J connectivity index is 2.39. The zero-order chi connectivity index (χ0) is 17.0. The number of anilines is 2. The first-order valence-corrected chi connectivity index (χ1v) is 8.35. The summed E-state index contributed by atoms with van der Waals surface area (Å²) in [6, 6.07) is 11.3. The van der Waals surface area contributed by atoms with Crippen molar-refractivity contribution in [3.05, 3.63) is 48.0 Å². The molecule has 2 aromatic carbocycles. The summed E-state index contributed by atoms with van der Waals surface area (Å²) in [5, 5.41) is 2.60. The number of ether oxygens (including phenoxy) is 1. The summed E-state index contributed by atoms with van der Waals surface area (Å²) in [5.41, 5.74) is 1.56. The molecule has 2 rings (SSSR count). The van der Waals surface area contributed by atoms with Gasteiger partial charge in [-0.15, -0.1) is 0 Å². The summed E-state index contributed by atoms with van der Waals surface area (Å²) >= 11 is 0. The lowest BCUT2D eigenvalue weighted by Crippen LogP contribution is -2.14. The fourth-order valence-corrected chi connectivity index (χ4v) is 3.22. The van der Waals surface area contributed by atoms with E-state index in [1.54, 1.807) is 24.3 Å². The maximum Gasteiger partial charge on any atom is 0.262 e. The van der Waals surface area contributed by atoms with Crippen molar-refractivity contribution in [3.8, 4) is 5.75 Å². The second-order valence-electron chi connectivity index (χ2n) is 5.02. The van der Waals surface area contributed by atoms with E-state index in [9.17, 15) is 13.2 Å². The zero-order valence-electron chi connectivity index (χ0n) is 13.1. The van der Waals surface area contributed by atoms with E-state index in [0.717, 1.165) is 5.56 Å². The van der Waals surface area contributed by atoms with Crippen LogP contribution in [-0.2, 0) is 14.8 Å². The summed E-state index contributed by atoms with van der Waals surface area (Å²) in [6.07, 6.45) is 0. The van der Waals surface area contributed by atoms with Crippen LogP contribution >= 0.6 is 0 Å². The third-order valence-corrected chi connectivity index (χ3v) is 4.43. The Labute approximate surface area is 135 Å². The van der Waals surface area contributed by atoms with E-state index in [2.05, 4.69) is 10.0 Å². The number of sulfonamides is 1. The summed E-state index contributed by atoms with van der Waals surface area (Å²) in [7, 11) is -2.31. The number of carbonyl (C=O) groups is 1. The van der Waals surface area contributed by atoms with Gasteiger partial charge in [0.2, 0.25) is 5.91 Å². The van der Waals surface area contributed by atoms with Gasteiger partial charge in [-0.3, -0.25) is 9.52 Å². The van der Waals surface area contributed by atoms with Crippen molar-refractivity contribution in [1.29, 1.82) is 0 Å². The van der Waals surface area contributed by atoms with Crippen LogP contribution in [0.4, 0.5) is 11.4 Å². The van der Waals surface area contributed by atoms with E-state index in [1.807, 2.05) is 13.0 Å². The first kappa shape index (κ1) is 16.8. The highest BCUT2D eigenvalue weighted by atomic mass is 32.2. The molecule has 0 heterocycles. The molecule has 0 aromatic heterocycles. The van der Waals surface area contributed by atoms with Gasteiger partial charge in [0.1, 0.15) is 5.75 Å². The minimum Gasteiger partial charge on any atom is -0.495 e. The molecule has 23 heavy (non-hydrogen) atoms. The normalized spacial score (nSPS) is 10.9. The third-order valence-electron chi connectivity index (χ3n) is 3.06. The van der Waals surface area contributed by atoms with E-state index < -0.39 is 10.0 Å². The van der Waals surface area contributed by atoms with Crippen molar-refractivity contribution < 1.29 is 17.9 Å². The number of rotatable bonds is 5. The Hall–Kier alpha value is -2.54. The second kappa shape index (κ2) is 6.70. The topological polar surface area (TPSA) is 84.5 Å². The smallest absolute Gasteiger partial charge is 0.262 e. The molecule has 0 radical (unpaired) electrons. The van der Waals surface area contributed by atoms with Crippen molar-refractivity contribution in [2.24, 2.45) is 0 Å². The number of amides is 1. The molecule has 0 bridgehead atoms. The van der Waals surface area contributed by atoms with Gasteiger partial charge >= 0.3 is 0 Å². The van der Waals surface area contributed by atoms with E-state index >= 15 is 0 Å². The van der Waals surface area contributed by atoms with E-state index in [4.69, 9.17) is 4.74 Å². The predicted octanol–water partition coefficient (Wildman–Crippen LogP) is 2.76. The van der Waals surface area contributed by atoms with Gasteiger partial charge in [-0.2, -0.15) is 0 Å². The van der Waals surface area contributed by atoms with Crippen molar-refractivity contribution in [1.82, 2.24) is 0 Å². The van der Waals surface area contributed by atoms with Crippen LogP contribution in [0.5, 0.6) is 5.75 Å². The number of methoxy groups -OCH3 is 1. The molecule has 0 fully saturated rings. The molecule has 2 N–H and O–H groups in total. The molecule has 6 nitrogen and oxygen atoms in total. The lowest BCUT2D eigenvalue weighted by Gasteiger charge is -2.14. The van der Waals surface area contributed by atoms with Gasteiger partial charge < -0.3 is 10.1 Å². The fraction of sp³-hybridized carbons (Fsp3) is 0.188. The van der Waals surface area contributed by atoms with E-state index in [1.165, 1.54) is 26.2 Å². The van der Waals surface area contributed by atoms with Gasteiger partial charge in [0.05, 0.1) is 17.7 Å². The molecule has 0 spiro atoms. The zero-order valence-corrected chi connectivity index (χ0v) is 13.9. The van der Waals surface area contributed by atoms with E-state index in [-0.39, 0.29) is 16.5 Å². The Morgan fingerprint density at radius 3 is 2.48 bits per heavy atom. The number of benzene rings is 2. The highest BCUT2D eigenvalue weighted by Gasteiger charge is 2.17. The number of aryl methyl sites for hydroxylation is 1. The molecular weight excluding hydrogens is 316 g/mol. The lowest BCUT2D eigenvalue weighted by molar-refractivity contribution is -0.114. The molecular formula is C16H18N2O4S. The lowest BCUT2D eigenvalue weighted by atomic mass is 10.2. The molecule has 122 valence electrons. The molecule has 0 saturated heterocycles. The molecule has 0 atom stereocenters. The average Bonchev–Trinajstić information content (AvgIpc) is 2.46. The van der Waals surface area contributed by atoms with Crippen molar-refractivity contribution in [2.75, 3.05) is 17.1 Å². The van der Waals surface area contributed by atoms with Gasteiger partial charge in [0.15, 0.2) is 0 Å². The van der Waals surface area contributed by atoms with Gasteiger partial charge in [0, 0.05) is 12.6 Å². The Morgan fingerprint density at radius 2 is 1.87 bits per heavy atom. The van der Waals surface area contributed by atoms with Crippen LogP contribution < -0.4 is 14.8 Å². The molecule has 0 unspecified atom stereocenters. The Morgan fingerprint density at radius 1 is 1.13 bits per heavy atom. The third kappa shape index (κ3) is 4.23. The van der Waals surface area contributed by atoms with Gasteiger partial charge in [-0.25, -0.2) is 8.42 Å². The number of hydrogen-bond acceptors (Lipinski definition) is 4. The minimum absolute atomic E-state index is 0.157. The minimum atomic E-state index is -3.76. The summed E-state index contributed by atoms with van der Waals surface area (Å²) in [6.45, 7) is 3.19. The monoisotopic (exact) mass is 334 g/mol. The highest BCUT2D eigenvalue weighted by Crippen LogP contribution is 2.30. The quantitative estimate of drug-likeness (QED) is 0.880. The largest absolute Gasteiger partial charge is 0.495 e. The van der Waals surface area contributed by atoms with Crippen LogP contribution in [0.15, 0.2) is 47.4 Å². The molecule has 0 aliphatic carbocycles. The number of hydrogen-bond donors (Lipinski definition) is 2. The molecule has 1 amide bonds. The average molecular weight is 334 g/mol. The van der Waals surface area contributed by atoms with Gasteiger partial charge in [0.25, 0.3) is 10.0 Å².